The fourth-order valence-corrected chi connectivity index (χ4v) is 2.09. The summed E-state index contributed by atoms with van der Waals surface area (Å²) in [6.07, 6.45) is 3.43. The minimum absolute atomic E-state index is 0.0546. The van der Waals surface area contributed by atoms with E-state index in [-0.39, 0.29) is 11.7 Å². The summed E-state index contributed by atoms with van der Waals surface area (Å²) in [4.78, 5) is 14.6. The molecule has 0 unspecified atom stereocenters. The second kappa shape index (κ2) is 5.79. The maximum absolute atomic E-state index is 11.0. The molecule has 2 rings (SSSR count). The van der Waals surface area contributed by atoms with Crippen LogP contribution in [0.3, 0.4) is 0 Å². The minimum atomic E-state index is -0.398. The van der Waals surface area contributed by atoms with E-state index in [0.29, 0.717) is 5.69 Å². The Hall–Kier alpha value is -1.95. The molecule has 0 bridgehead atoms. The number of nitrogens with zero attached hydrogens (tertiary/aromatic N) is 2. The summed E-state index contributed by atoms with van der Waals surface area (Å²) in [7, 11) is 0. The molecule has 98 valence electrons. The lowest BCUT2D eigenvalue weighted by Crippen LogP contribution is -2.08. The number of halogens is 1. The van der Waals surface area contributed by atoms with Crippen LogP contribution in [0.25, 0.3) is 0 Å². The lowest BCUT2D eigenvalue weighted by Gasteiger charge is -2.15. The van der Waals surface area contributed by atoms with Crippen molar-refractivity contribution in [2.75, 3.05) is 5.32 Å². The average Bonchev–Trinajstić information content (AvgIpc) is 2.39. The Bertz CT molecular complexity index is 590. The van der Waals surface area contributed by atoms with Crippen molar-refractivity contribution in [3.63, 3.8) is 0 Å². The molecule has 2 aromatic rings. The second-order valence-electron chi connectivity index (χ2n) is 4.07. The molecule has 0 saturated carbocycles. The van der Waals surface area contributed by atoms with Crippen molar-refractivity contribution >= 4 is 27.3 Å². The third-order valence-electron chi connectivity index (χ3n) is 2.71. The topological polar surface area (TPSA) is 68.1 Å². The van der Waals surface area contributed by atoms with Crippen LogP contribution in [0.1, 0.15) is 18.5 Å². The van der Waals surface area contributed by atoms with Crippen LogP contribution in [-0.4, -0.2) is 9.91 Å². The smallest absolute Gasteiger partial charge is 0.292 e. The Kier molecular flexibility index (Phi) is 4.11. The van der Waals surface area contributed by atoms with Gasteiger partial charge >= 0.3 is 0 Å². The fraction of sp³-hybridized carbons (Fsp3) is 0.154. The van der Waals surface area contributed by atoms with Crippen LogP contribution < -0.4 is 5.32 Å². The van der Waals surface area contributed by atoms with Gasteiger partial charge in [0.05, 0.1) is 11.0 Å². The molecule has 0 radical (unpaired) electrons. The van der Waals surface area contributed by atoms with E-state index in [0.717, 1.165) is 10.0 Å². The van der Waals surface area contributed by atoms with Gasteiger partial charge in [-0.3, -0.25) is 15.1 Å². The lowest BCUT2D eigenvalue weighted by molar-refractivity contribution is -0.384. The van der Waals surface area contributed by atoms with Gasteiger partial charge in [0.25, 0.3) is 5.69 Å². The monoisotopic (exact) mass is 321 g/mol. The van der Waals surface area contributed by atoms with Crippen molar-refractivity contribution in [1.29, 1.82) is 0 Å². The molecule has 5 nitrogen and oxygen atoms in total. The highest BCUT2D eigenvalue weighted by atomic mass is 79.9. The van der Waals surface area contributed by atoms with E-state index in [1.165, 1.54) is 6.07 Å². The van der Waals surface area contributed by atoms with Crippen LogP contribution in [0.5, 0.6) is 0 Å². The van der Waals surface area contributed by atoms with Gasteiger partial charge in [0.1, 0.15) is 5.69 Å². The zero-order valence-corrected chi connectivity index (χ0v) is 11.8. The molecule has 1 aromatic carbocycles. The summed E-state index contributed by atoms with van der Waals surface area (Å²) >= 11 is 3.32. The maximum Gasteiger partial charge on any atom is 0.292 e. The van der Waals surface area contributed by atoms with Gasteiger partial charge in [0.15, 0.2) is 0 Å². The van der Waals surface area contributed by atoms with Crippen molar-refractivity contribution in [2.45, 2.75) is 13.0 Å². The Labute approximate surface area is 119 Å². The van der Waals surface area contributed by atoms with Crippen LogP contribution in [0.15, 0.2) is 47.2 Å². The molecule has 1 atom stereocenters. The number of hydrogen-bond acceptors (Lipinski definition) is 4. The van der Waals surface area contributed by atoms with Gasteiger partial charge in [-0.25, -0.2) is 0 Å². The number of nitro benzene ring substituents is 1. The van der Waals surface area contributed by atoms with Gasteiger partial charge in [-0.1, -0.05) is 22.0 Å². The van der Waals surface area contributed by atoms with E-state index in [1.54, 1.807) is 24.5 Å². The number of pyridine rings is 1. The number of hydrogen-bond donors (Lipinski definition) is 1. The van der Waals surface area contributed by atoms with E-state index in [4.69, 9.17) is 0 Å². The first-order chi connectivity index (χ1) is 9.08. The second-order valence-corrected chi connectivity index (χ2v) is 4.99. The molecule has 1 heterocycles. The maximum atomic E-state index is 11.0. The van der Waals surface area contributed by atoms with E-state index in [2.05, 4.69) is 26.2 Å². The van der Waals surface area contributed by atoms with E-state index < -0.39 is 4.92 Å². The first-order valence-corrected chi connectivity index (χ1v) is 6.47. The molecule has 0 aliphatic carbocycles. The van der Waals surface area contributed by atoms with E-state index in [1.807, 2.05) is 19.1 Å². The molecule has 1 N–H and O–H groups in total. The van der Waals surface area contributed by atoms with Crippen LogP contribution in [0.2, 0.25) is 0 Å². The van der Waals surface area contributed by atoms with Gasteiger partial charge in [0.2, 0.25) is 0 Å². The molecule has 1 aromatic heterocycles. The van der Waals surface area contributed by atoms with Gasteiger partial charge in [-0.05, 0) is 30.7 Å². The molecule has 0 amide bonds. The number of aromatic nitrogens is 1. The van der Waals surface area contributed by atoms with Crippen molar-refractivity contribution < 1.29 is 4.92 Å². The summed E-state index contributed by atoms with van der Waals surface area (Å²) in [6.45, 7) is 1.93. The standard InChI is InChI=1S/C13H12BrN3O2/c1-9(10-3-2-6-15-8-10)16-12-7-11(14)4-5-13(12)17(18)19/h2-9,16H,1H3/t9-/m0/s1. The predicted molar refractivity (Wildman–Crippen MR) is 77.1 cm³/mol. The molecule has 0 saturated heterocycles. The van der Waals surface area contributed by atoms with E-state index in [9.17, 15) is 10.1 Å². The zero-order chi connectivity index (χ0) is 13.8. The van der Waals surface area contributed by atoms with Crippen molar-refractivity contribution in [1.82, 2.24) is 4.98 Å². The Morgan fingerprint density at radius 3 is 2.84 bits per heavy atom. The fourth-order valence-electron chi connectivity index (χ4n) is 1.73. The van der Waals surface area contributed by atoms with Gasteiger partial charge in [-0.2, -0.15) is 0 Å². The first-order valence-electron chi connectivity index (χ1n) is 5.68. The number of nitro groups is 1. The summed E-state index contributed by atoms with van der Waals surface area (Å²) in [5.41, 5.74) is 1.51. The Morgan fingerprint density at radius 2 is 2.21 bits per heavy atom. The number of rotatable bonds is 4. The Morgan fingerprint density at radius 1 is 1.42 bits per heavy atom. The summed E-state index contributed by atoms with van der Waals surface area (Å²) in [6, 6.07) is 8.52. The van der Waals surface area contributed by atoms with Gasteiger partial charge < -0.3 is 5.32 Å². The molecule has 6 heteroatoms. The molecular weight excluding hydrogens is 310 g/mol. The highest BCUT2D eigenvalue weighted by Crippen LogP contribution is 2.30. The van der Waals surface area contributed by atoms with E-state index >= 15 is 0 Å². The molecular formula is C13H12BrN3O2. The van der Waals surface area contributed by atoms with Crippen LogP contribution in [-0.2, 0) is 0 Å². The quantitative estimate of drug-likeness (QED) is 0.684. The molecule has 0 spiro atoms. The average molecular weight is 322 g/mol. The lowest BCUT2D eigenvalue weighted by atomic mass is 10.1. The minimum Gasteiger partial charge on any atom is -0.373 e. The Balaban J connectivity index is 2.28. The number of benzene rings is 1. The van der Waals surface area contributed by atoms with Crippen molar-refractivity contribution in [3.8, 4) is 0 Å². The number of nitrogens with one attached hydrogen (secondary N) is 1. The highest BCUT2D eigenvalue weighted by molar-refractivity contribution is 9.10. The molecule has 0 aliphatic rings. The summed E-state index contributed by atoms with van der Waals surface area (Å²) < 4.78 is 0.791. The summed E-state index contributed by atoms with van der Waals surface area (Å²) in [5.74, 6) is 0. The van der Waals surface area contributed by atoms with Crippen LogP contribution >= 0.6 is 15.9 Å². The van der Waals surface area contributed by atoms with Gasteiger partial charge in [0, 0.05) is 22.9 Å². The SMILES string of the molecule is C[C@H](Nc1cc(Br)ccc1[N+](=O)[O-])c1cccnc1. The third kappa shape index (κ3) is 3.29. The van der Waals surface area contributed by atoms with Crippen molar-refractivity contribution in [2.24, 2.45) is 0 Å². The number of anilines is 1. The molecule has 0 fully saturated rings. The summed E-state index contributed by atoms with van der Waals surface area (Å²) in [5, 5.41) is 14.1. The first kappa shape index (κ1) is 13.5. The largest absolute Gasteiger partial charge is 0.373 e. The molecule has 0 aliphatic heterocycles. The predicted octanol–water partition coefficient (Wildman–Crippen LogP) is 3.93. The molecule has 19 heavy (non-hydrogen) atoms. The van der Waals surface area contributed by atoms with Crippen LogP contribution in [0, 0.1) is 10.1 Å². The highest BCUT2D eigenvalue weighted by Gasteiger charge is 2.16. The normalized spacial score (nSPS) is 11.9. The van der Waals surface area contributed by atoms with Gasteiger partial charge in [-0.15, -0.1) is 0 Å². The van der Waals surface area contributed by atoms with Crippen molar-refractivity contribution in [3.05, 3.63) is 62.9 Å². The zero-order valence-electron chi connectivity index (χ0n) is 10.2. The van der Waals surface area contributed by atoms with Crippen LogP contribution in [0.4, 0.5) is 11.4 Å². The third-order valence-corrected chi connectivity index (χ3v) is 3.20.